The number of aryl methyl sites for hydroxylation is 1. The Morgan fingerprint density at radius 1 is 0.963 bits per heavy atom. The van der Waals surface area contributed by atoms with Crippen LogP contribution in [-0.2, 0) is 4.74 Å². The summed E-state index contributed by atoms with van der Waals surface area (Å²) in [4.78, 5) is 32.5. The van der Waals surface area contributed by atoms with Gasteiger partial charge in [-0.1, -0.05) is 29.8 Å². The number of carbonyl (C=O) groups is 2. The second kappa shape index (κ2) is 8.09. The summed E-state index contributed by atoms with van der Waals surface area (Å²) in [5.74, 6) is -0.485. The first-order chi connectivity index (χ1) is 13.1. The summed E-state index contributed by atoms with van der Waals surface area (Å²) in [6, 6.07) is 14.4. The molecule has 2 aromatic carbocycles. The number of carbonyl (C=O) groups excluding carboxylic acids is 2. The van der Waals surface area contributed by atoms with Crippen molar-refractivity contribution in [3.05, 3.63) is 77.7 Å². The van der Waals surface area contributed by atoms with E-state index < -0.39 is 11.9 Å². The Kier molecular flexibility index (Phi) is 5.41. The maximum atomic E-state index is 12.4. The molecule has 1 amide bonds. The van der Waals surface area contributed by atoms with Gasteiger partial charge < -0.3 is 15.4 Å². The summed E-state index contributed by atoms with van der Waals surface area (Å²) in [7, 11) is 1.28. The van der Waals surface area contributed by atoms with Gasteiger partial charge in [-0.15, -0.1) is 0 Å². The van der Waals surface area contributed by atoms with Crippen LogP contribution < -0.4 is 10.6 Å². The van der Waals surface area contributed by atoms with Gasteiger partial charge in [0.15, 0.2) is 0 Å². The van der Waals surface area contributed by atoms with E-state index in [9.17, 15) is 9.59 Å². The zero-order chi connectivity index (χ0) is 19.2. The lowest BCUT2D eigenvalue weighted by atomic mass is 10.1. The van der Waals surface area contributed by atoms with Gasteiger partial charge in [0, 0.05) is 5.69 Å². The summed E-state index contributed by atoms with van der Waals surface area (Å²) in [5.41, 5.74) is 2.77. The zero-order valence-electron chi connectivity index (χ0n) is 14.9. The molecule has 3 aromatic rings. The van der Waals surface area contributed by atoms with Crippen molar-refractivity contribution in [3.63, 3.8) is 0 Å². The highest BCUT2D eigenvalue weighted by Crippen LogP contribution is 2.18. The average molecular weight is 362 g/mol. The molecule has 0 radical (unpaired) electrons. The number of hydrogen-bond donors (Lipinski definition) is 2. The van der Waals surface area contributed by atoms with Gasteiger partial charge in [0.2, 0.25) is 0 Å². The van der Waals surface area contributed by atoms with Gasteiger partial charge in [0.25, 0.3) is 5.91 Å². The third-order valence-corrected chi connectivity index (χ3v) is 3.79. The van der Waals surface area contributed by atoms with Crippen LogP contribution in [0.5, 0.6) is 0 Å². The number of nitrogens with one attached hydrogen (secondary N) is 2. The standard InChI is InChI=1S/C20H18N4O3/c1-13-7-9-14(10-8-13)23-18-12-21-17(11-22-18)19(25)24-16-6-4-3-5-15(16)20(26)27-2/h3-12H,1-2H3,(H,22,23)(H,24,25). The molecule has 0 atom stereocenters. The largest absolute Gasteiger partial charge is 0.465 e. The molecule has 7 heteroatoms. The van der Waals surface area contributed by atoms with Gasteiger partial charge in [0.05, 0.1) is 30.8 Å². The van der Waals surface area contributed by atoms with Gasteiger partial charge in [-0.2, -0.15) is 0 Å². The molecule has 0 spiro atoms. The van der Waals surface area contributed by atoms with E-state index >= 15 is 0 Å². The minimum absolute atomic E-state index is 0.129. The summed E-state index contributed by atoms with van der Waals surface area (Å²) < 4.78 is 4.72. The SMILES string of the molecule is COC(=O)c1ccccc1NC(=O)c1cnc(Nc2ccc(C)cc2)cn1. The van der Waals surface area contributed by atoms with E-state index in [2.05, 4.69) is 20.6 Å². The van der Waals surface area contributed by atoms with Crippen LogP contribution >= 0.6 is 0 Å². The average Bonchev–Trinajstić information content (AvgIpc) is 2.70. The summed E-state index contributed by atoms with van der Waals surface area (Å²) in [5, 5.41) is 5.77. The summed E-state index contributed by atoms with van der Waals surface area (Å²) >= 11 is 0. The van der Waals surface area contributed by atoms with Gasteiger partial charge in [-0.05, 0) is 31.2 Å². The number of hydrogen-bond acceptors (Lipinski definition) is 6. The highest BCUT2D eigenvalue weighted by Gasteiger charge is 2.15. The van der Waals surface area contributed by atoms with E-state index in [1.807, 2.05) is 31.2 Å². The van der Waals surface area contributed by atoms with Crippen molar-refractivity contribution < 1.29 is 14.3 Å². The smallest absolute Gasteiger partial charge is 0.339 e. The lowest BCUT2D eigenvalue weighted by Crippen LogP contribution is -2.17. The van der Waals surface area contributed by atoms with Crippen molar-refractivity contribution >= 4 is 29.1 Å². The molecule has 1 heterocycles. The molecular weight excluding hydrogens is 344 g/mol. The monoisotopic (exact) mass is 362 g/mol. The predicted molar refractivity (Wildman–Crippen MR) is 102 cm³/mol. The maximum absolute atomic E-state index is 12.4. The van der Waals surface area contributed by atoms with Crippen molar-refractivity contribution in [2.45, 2.75) is 6.92 Å². The number of nitrogens with zero attached hydrogens (tertiary/aromatic N) is 2. The molecule has 0 saturated heterocycles. The molecule has 136 valence electrons. The molecule has 0 aliphatic rings. The first-order valence-corrected chi connectivity index (χ1v) is 8.21. The Labute approximate surface area is 156 Å². The third-order valence-electron chi connectivity index (χ3n) is 3.79. The van der Waals surface area contributed by atoms with Crippen molar-refractivity contribution in [2.24, 2.45) is 0 Å². The second-order valence-corrected chi connectivity index (χ2v) is 5.77. The number of methoxy groups -OCH3 is 1. The van der Waals surface area contributed by atoms with Gasteiger partial charge in [-0.25, -0.2) is 14.8 Å². The zero-order valence-corrected chi connectivity index (χ0v) is 14.9. The fourth-order valence-electron chi connectivity index (χ4n) is 2.36. The molecule has 0 aliphatic carbocycles. The number of rotatable bonds is 5. The summed E-state index contributed by atoms with van der Waals surface area (Å²) in [6.07, 6.45) is 2.84. The van der Waals surface area contributed by atoms with Crippen LogP contribution in [0.15, 0.2) is 60.9 Å². The summed E-state index contributed by atoms with van der Waals surface area (Å²) in [6.45, 7) is 2.01. The molecule has 2 N–H and O–H groups in total. The van der Waals surface area contributed by atoms with Gasteiger partial charge >= 0.3 is 5.97 Å². The van der Waals surface area contributed by atoms with Crippen LogP contribution in [0.1, 0.15) is 26.4 Å². The minimum Gasteiger partial charge on any atom is -0.465 e. The van der Waals surface area contributed by atoms with Crippen LogP contribution in [0.4, 0.5) is 17.2 Å². The number of anilines is 3. The molecule has 7 nitrogen and oxygen atoms in total. The topological polar surface area (TPSA) is 93.2 Å². The minimum atomic E-state index is -0.533. The van der Waals surface area contributed by atoms with Crippen LogP contribution in [0.25, 0.3) is 0 Å². The normalized spacial score (nSPS) is 10.1. The fraction of sp³-hybridized carbons (Fsp3) is 0.100. The number of ether oxygens (including phenoxy) is 1. The van der Waals surface area contributed by atoms with Gasteiger partial charge in [-0.3, -0.25) is 4.79 Å². The van der Waals surface area contributed by atoms with E-state index in [-0.39, 0.29) is 11.3 Å². The van der Waals surface area contributed by atoms with Crippen molar-refractivity contribution in [3.8, 4) is 0 Å². The lowest BCUT2D eigenvalue weighted by Gasteiger charge is -2.09. The second-order valence-electron chi connectivity index (χ2n) is 5.77. The number of para-hydroxylation sites is 1. The molecule has 0 fully saturated rings. The Morgan fingerprint density at radius 2 is 1.70 bits per heavy atom. The van der Waals surface area contributed by atoms with E-state index in [0.29, 0.717) is 11.5 Å². The molecular formula is C20H18N4O3. The third kappa shape index (κ3) is 4.46. The quantitative estimate of drug-likeness (QED) is 0.674. The Bertz CT molecular complexity index is 954. The number of amides is 1. The number of aromatic nitrogens is 2. The number of benzene rings is 2. The Balaban J connectivity index is 1.71. The molecule has 0 bridgehead atoms. The van der Waals surface area contributed by atoms with E-state index in [4.69, 9.17) is 4.74 Å². The van der Waals surface area contributed by atoms with Crippen LogP contribution in [0.3, 0.4) is 0 Å². The molecule has 0 aliphatic heterocycles. The van der Waals surface area contributed by atoms with E-state index in [1.54, 1.807) is 24.3 Å². The van der Waals surface area contributed by atoms with Crippen molar-refractivity contribution in [1.29, 1.82) is 0 Å². The maximum Gasteiger partial charge on any atom is 0.339 e. The highest BCUT2D eigenvalue weighted by atomic mass is 16.5. The molecule has 3 rings (SSSR count). The lowest BCUT2D eigenvalue weighted by molar-refractivity contribution is 0.0602. The Morgan fingerprint density at radius 3 is 2.37 bits per heavy atom. The first-order valence-electron chi connectivity index (χ1n) is 8.21. The molecule has 0 unspecified atom stereocenters. The highest BCUT2D eigenvalue weighted by molar-refractivity contribution is 6.06. The van der Waals surface area contributed by atoms with Gasteiger partial charge in [0.1, 0.15) is 11.5 Å². The molecule has 1 aromatic heterocycles. The molecule has 0 saturated carbocycles. The number of esters is 1. The van der Waals surface area contributed by atoms with E-state index in [1.165, 1.54) is 19.5 Å². The van der Waals surface area contributed by atoms with Crippen LogP contribution in [0.2, 0.25) is 0 Å². The predicted octanol–water partition coefficient (Wildman–Crippen LogP) is 3.57. The van der Waals surface area contributed by atoms with Crippen LogP contribution in [0, 0.1) is 6.92 Å². The van der Waals surface area contributed by atoms with Crippen molar-refractivity contribution in [1.82, 2.24) is 9.97 Å². The first kappa shape index (κ1) is 18.1. The van der Waals surface area contributed by atoms with Crippen molar-refractivity contribution in [2.75, 3.05) is 17.7 Å². The van der Waals surface area contributed by atoms with E-state index in [0.717, 1.165) is 11.3 Å². The van der Waals surface area contributed by atoms with Crippen LogP contribution in [-0.4, -0.2) is 29.0 Å². The fourth-order valence-corrected chi connectivity index (χ4v) is 2.36. The molecule has 27 heavy (non-hydrogen) atoms. The Hall–Kier alpha value is -3.74.